The summed E-state index contributed by atoms with van der Waals surface area (Å²) in [7, 11) is -3.73. The third-order valence-corrected chi connectivity index (χ3v) is 6.92. The summed E-state index contributed by atoms with van der Waals surface area (Å²) in [6, 6.07) is 16.0. The summed E-state index contributed by atoms with van der Waals surface area (Å²) in [4.78, 5) is 4.33. The minimum atomic E-state index is -3.73. The van der Waals surface area contributed by atoms with Crippen molar-refractivity contribution in [3.63, 3.8) is 0 Å². The molecule has 4 rings (SSSR count). The third kappa shape index (κ3) is 3.41. The number of rotatable bonds is 4. The molecule has 1 aliphatic rings. The van der Waals surface area contributed by atoms with E-state index >= 15 is 0 Å². The highest BCUT2D eigenvalue weighted by Gasteiger charge is 2.34. The minimum Gasteiger partial charge on any atom is -0.506 e. The summed E-state index contributed by atoms with van der Waals surface area (Å²) in [6.45, 7) is 1.61. The zero-order valence-electron chi connectivity index (χ0n) is 14.7. The maximum atomic E-state index is 13.5. The van der Waals surface area contributed by atoms with Crippen LogP contribution in [0, 0.1) is 0 Å². The number of aromatic hydroxyl groups is 1. The van der Waals surface area contributed by atoms with Crippen LogP contribution in [-0.4, -0.2) is 48.5 Å². The van der Waals surface area contributed by atoms with Crippen molar-refractivity contribution in [2.75, 3.05) is 19.6 Å². The van der Waals surface area contributed by atoms with Crippen molar-refractivity contribution in [1.82, 2.24) is 14.6 Å². The normalized spacial score (nSPS) is 18.6. The summed E-state index contributed by atoms with van der Waals surface area (Å²) in [5.74, 6) is -0.0225. The van der Waals surface area contributed by atoms with Crippen molar-refractivity contribution in [2.45, 2.75) is 17.4 Å². The van der Waals surface area contributed by atoms with E-state index in [2.05, 4.69) is 10.3 Å². The molecular formula is C20H21N3O3S. The van der Waals surface area contributed by atoms with Gasteiger partial charge in [-0.1, -0.05) is 30.3 Å². The highest BCUT2D eigenvalue weighted by atomic mass is 32.2. The Hall–Kier alpha value is -2.48. The molecule has 27 heavy (non-hydrogen) atoms. The number of fused-ring (bicyclic) bond motifs is 1. The van der Waals surface area contributed by atoms with Crippen LogP contribution in [0.2, 0.25) is 0 Å². The van der Waals surface area contributed by atoms with Gasteiger partial charge in [0.2, 0.25) is 10.0 Å². The maximum absolute atomic E-state index is 13.5. The van der Waals surface area contributed by atoms with Gasteiger partial charge in [0.05, 0.1) is 4.90 Å². The Morgan fingerprint density at radius 1 is 1.11 bits per heavy atom. The first kappa shape index (κ1) is 17.9. The van der Waals surface area contributed by atoms with Gasteiger partial charge in [-0.25, -0.2) is 8.42 Å². The van der Waals surface area contributed by atoms with Crippen molar-refractivity contribution in [2.24, 2.45) is 0 Å². The number of nitrogens with zero attached hydrogens (tertiary/aromatic N) is 2. The number of sulfonamides is 1. The van der Waals surface area contributed by atoms with E-state index in [0.29, 0.717) is 37.0 Å². The van der Waals surface area contributed by atoms with Crippen molar-refractivity contribution in [1.29, 1.82) is 0 Å². The summed E-state index contributed by atoms with van der Waals surface area (Å²) in [6.07, 6.45) is 2.18. The fourth-order valence-electron chi connectivity index (χ4n) is 3.60. The quantitative estimate of drug-likeness (QED) is 0.721. The summed E-state index contributed by atoms with van der Waals surface area (Å²) in [5, 5.41) is 13.8. The molecule has 2 aromatic carbocycles. The van der Waals surface area contributed by atoms with Crippen LogP contribution in [0.3, 0.4) is 0 Å². The number of phenols is 1. The van der Waals surface area contributed by atoms with Gasteiger partial charge in [0.15, 0.2) is 0 Å². The van der Waals surface area contributed by atoms with Crippen molar-refractivity contribution in [3.8, 4) is 5.75 Å². The molecule has 0 aliphatic carbocycles. The first-order chi connectivity index (χ1) is 13.1. The number of hydrogen-bond acceptors (Lipinski definition) is 5. The van der Waals surface area contributed by atoms with Crippen molar-refractivity contribution >= 4 is 20.9 Å². The number of pyridine rings is 1. The molecule has 7 heteroatoms. The standard InChI is InChI=1S/C20H21N3O3S/c24-18-8-9-19(17-7-4-10-22-20(17)18)27(25,26)23-12-11-21-14-16(23)13-15-5-2-1-3-6-15/h1-10,16,21,24H,11-14H2. The molecule has 140 valence electrons. The van der Waals surface area contributed by atoms with Crippen LogP contribution in [0.5, 0.6) is 5.75 Å². The van der Waals surface area contributed by atoms with E-state index in [9.17, 15) is 13.5 Å². The highest BCUT2D eigenvalue weighted by molar-refractivity contribution is 7.89. The molecule has 2 heterocycles. The van der Waals surface area contributed by atoms with E-state index in [1.54, 1.807) is 22.6 Å². The summed E-state index contributed by atoms with van der Waals surface area (Å²) < 4.78 is 28.6. The molecule has 1 atom stereocenters. The number of piperazine rings is 1. The number of nitrogens with one attached hydrogen (secondary N) is 1. The van der Waals surface area contributed by atoms with Crippen LogP contribution in [-0.2, 0) is 16.4 Å². The molecule has 1 aromatic heterocycles. The molecular weight excluding hydrogens is 362 g/mol. The van der Waals surface area contributed by atoms with Gasteiger partial charge in [0.1, 0.15) is 11.3 Å². The predicted molar refractivity (Wildman–Crippen MR) is 104 cm³/mol. The molecule has 0 bridgehead atoms. The first-order valence-electron chi connectivity index (χ1n) is 8.90. The van der Waals surface area contributed by atoms with Crippen molar-refractivity contribution < 1.29 is 13.5 Å². The van der Waals surface area contributed by atoms with Crippen LogP contribution < -0.4 is 5.32 Å². The second-order valence-corrected chi connectivity index (χ2v) is 8.50. The molecule has 1 aliphatic heterocycles. The Labute approximate surface area is 158 Å². The average molecular weight is 383 g/mol. The van der Waals surface area contributed by atoms with Crippen molar-refractivity contribution in [3.05, 3.63) is 66.4 Å². The zero-order chi connectivity index (χ0) is 18.9. The zero-order valence-corrected chi connectivity index (χ0v) is 15.6. The average Bonchev–Trinajstić information content (AvgIpc) is 2.69. The first-order valence-corrected chi connectivity index (χ1v) is 10.3. The molecule has 1 saturated heterocycles. The van der Waals surface area contributed by atoms with Crippen LogP contribution in [0.1, 0.15) is 5.56 Å². The molecule has 6 nitrogen and oxygen atoms in total. The smallest absolute Gasteiger partial charge is 0.244 e. The lowest BCUT2D eigenvalue weighted by Crippen LogP contribution is -2.54. The SMILES string of the molecule is O=S(=O)(c1ccc(O)c2ncccc12)N1CCNCC1Cc1ccccc1. The van der Waals surface area contributed by atoms with Gasteiger partial charge >= 0.3 is 0 Å². The number of hydrogen-bond donors (Lipinski definition) is 2. The van der Waals surface area contributed by atoms with E-state index in [1.165, 1.54) is 12.1 Å². The van der Waals surface area contributed by atoms with E-state index in [4.69, 9.17) is 0 Å². The molecule has 1 fully saturated rings. The molecule has 0 radical (unpaired) electrons. The van der Waals surface area contributed by atoms with E-state index < -0.39 is 10.0 Å². The van der Waals surface area contributed by atoms with Crippen LogP contribution >= 0.6 is 0 Å². The lowest BCUT2D eigenvalue weighted by molar-refractivity contribution is 0.266. The van der Waals surface area contributed by atoms with Crippen LogP contribution in [0.25, 0.3) is 10.9 Å². The minimum absolute atomic E-state index is 0.0225. The van der Waals surface area contributed by atoms with Gasteiger partial charge in [0.25, 0.3) is 0 Å². The number of benzene rings is 2. The van der Waals surface area contributed by atoms with E-state index in [-0.39, 0.29) is 16.7 Å². The monoisotopic (exact) mass is 383 g/mol. The third-order valence-electron chi connectivity index (χ3n) is 4.91. The second-order valence-electron chi connectivity index (χ2n) is 6.65. The molecule has 0 saturated carbocycles. The fraction of sp³-hybridized carbons (Fsp3) is 0.250. The molecule has 1 unspecified atom stereocenters. The summed E-state index contributed by atoms with van der Waals surface area (Å²) in [5.41, 5.74) is 1.40. The second kappa shape index (κ2) is 7.26. The predicted octanol–water partition coefficient (Wildman–Crippen LogP) is 2.15. The van der Waals surface area contributed by atoms with Gasteiger partial charge in [0, 0.05) is 37.3 Å². The van der Waals surface area contributed by atoms with Crippen LogP contribution in [0.15, 0.2) is 65.7 Å². The molecule has 3 aromatic rings. The molecule has 0 amide bonds. The Balaban J connectivity index is 1.75. The molecule has 2 N–H and O–H groups in total. The summed E-state index contributed by atoms with van der Waals surface area (Å²) >= 11 is 0. The number of aromatic nitrogens is 1. The molecule has 0 spiro atoms. The van der Waals surface area contributed by atoms with Gasteiger partial charge in [-0.2, -0.15) is 4.31 Å². The van der Waals surface area contributed by atoms with Gasteiger partial charge < -0.3 is 10.4 Å². The number of phenolic OH excluding ortho intramolecular Hbond substituents is 1. The topological polar surface area (TPSA) is 82.5 Å². The highest BCUT2D eigenvalue weighted by Crippen LogP contribution is 2.31. The fourth-order valence-corrected chi connectivity index (χ4v) is 5.41. The van der Waals surface area contributed by atoms with E-state index in [0.717, 1.165) is 5.56 Å². The lowest BCUT2D eigenvalue weighted by atomic mass is 10.1. The van der Waals surface area contributed by atoms with Gasteiger partial charge in [-0.05, 0) is 36.2 Å². The van der Waals surface area contributed by atoms with Gasteiger partial charge in [-0.3, -0.25) is 4.98 Å². The van der Waals surface area contributed by atoms with Gasteiger partial charge in [-0.15, -0.1) is 0 Å². The largest absolute Gasteiger partial charge is 0.506 e. The maximum Gasteiger partial charge on any atom is 0.244 e. The Kier molecular flexibility index (Phi) is 4.82. The van der Waals surface area contributed by atoms with E-state index in [1.807, 2.05) is 30.3 Å². The Morgan fingerprint density at radius 3 is 2.74 bits per heavy atom. The Morgan fingerprint density at radius 2 is 1.93 bits per heavy atom. The Bertz CT molecular complexity index is 1050. The lowest BCUT2D eigenvalue weighted by Gasteiger charge is -2.35. The van der Waals surface area contributed by atoms with Crippen LogP contribution in [0.4, 0.5) is 0 Å².